The van der Waals surface area contributed by atoms with E-state index >= 15 is 0 Å². The number of hydrogen-bond acceptors (Lipinski definition) is 6. The number of benzene rings is 1. The van der Waals surface area contributed by atoms with E-state index in [-0.39, 0.29) is 17.6 Å². The molecule has 0 aliphatic carbocycles. The molecule has 3 heterocycles. The normalized spacial score (nSPS) is 17.1. The highest BCUT2D eigenvalue weighted by Crippen LogP contribution is 2.28. The van der Waals surface area contributed by atoms with E-state index in [0.717, 1.165) is 38.2 Å². The van der Waals surface area contributed by atoms with Crippen LogP contribution >= 0.6 is 0 Å². The van der Waals surface area contributed by atoms with E-state index in [1.807, 2.05) is 36.7 Å². The van der Waals surface area contributed by atoms with Crippen LogP contribution in [0.1, 0.15) is 40.6 Å². The van der Waals surface area contributed by atoms with Gasteiger partial charge in [-0.05, 0) is 49.2 Å². The molecule has 0 saturated carbocycles. The Hall–Kier alpha value is -3.19. The minimum Gasteiger partial charge on any atom is -0.495 e. The summed E-state index contributed by atoms with van der Waals surface area (Å²) in [5.74, 6) is 0.719. The molecule has 3 aromatic rings. The fourth-order valence-corrected chi connectivity index (χ4v) is 3.71. The van der Waals surface area contributed by atoms with E-state index < -0.39 is 0 Å². The molecule has 1 saturated heterocycles. The molecule has 29 heavy (non-hydrogen) atoms. The van der Waals surface area contributed by atoms with Crippen molar-refractivity contribution in [3.05, 3.63) is 71.9 Å². The molecule has 7 heteroatoms. The number of pyridine rings is 1. The first-order chi connectivity index (χ1) is 14.2. The van der Waals surface area contributed by atoms with E-state index in [2.05, 4.69) is 20.4 Å². The molecule has 1 aliphatic rings. The van der Waals surface area contributed by atoms with Crippen molar-refractivity contribution in [1.29, 1.82) is 0 Å². The number of piperidine rings is 1. The number of rotatable bonds is 6. The van der Waals surface area contributed by atoms with E-state index in [4.69, 9.17) is 9.26 Å². The van der Waals surface area contributed by atoms with Crippen LogP contribution in [0.5, 0.6) is 5.75 Å². The van der Waals surface area contributed by atoms with Crippen molar-refractivity contribution in [1.82, 2.24) is 15.0 Å². The number of methoxy groups -OCH3 is 1. The minimum atomic E-state index is -0.335. The summed E-state index contributed by atoms with van der Waals surface area (Å²) in [6.07, 6.45) is 5.76. The molecule has 1 unspecified atom stereocenters. The van der Waals surface area contributed by atoms with Crippen LogP contribution in [0.15, 0.2) is 59.4 Å². The summed E-state index contributed by atoms with van der Waals surface area (Å²) in [6.45, 7) is 2.83. The monoisotopic (exact) mass is 392 g/mol. The number of hydrogen-bond donors (Lipinski definition) is 1. The Morgan fingerprint density at radius 2 is 2.10 bits per heavy atom. The standard InChI is InChI=1S/C22H24N4O3/c1-28-20-7-3-2-6-18(20)24-22(27)21-13-19(25-29-21)17-5-4-12-26(15-17)14-16-8-10-23-11-9-16/h2-3,6-11,13,17H,4-5,12,14-15H2,1H3,(H,24,27). The van der Waals surface area contributed by atoms with Gasteiger partial charge in [-0.3, -0.25) is 14.7 Å². The van der Waals surface area contributed by atoms with Crippen molar-refractivity contribution in [2.45, 2.75) is 25.3 Å². The smallest absolute Gasteiger partial charge is 0.294 e. The predicted octanol–water partition coefficient (Wildman–Crippen LogP) is 3.71. The van der Waals surface area contributed by atoms with Gasteiger partial charge in [0.15, 0.2) is 0 Å². The lowest BCUT2D eigenvalue weighted by Gasteiger charge is -2.31. The number of aromatic nitrogens is 2. The van der Waals surface area contributed by atoms with Crippen molar-refractivity contribution in [3.63, 3.8) is 0 Å². The maximum Gasteiger partial charge on any atom is 0.294 e. The highest BCUT2D eigenvalue weighted by Gasteiger charge is 2.25. The van der Waals surface area contributed by atoms with Gasteiger partial charge in [0, 0.05) is 37.5 Å². The second kappa shape index (κ2) is 8.87. The second-order valence-electron chi connectivity index (χ2n) is 7.20. The molecule has 7 nitrogen and oxygen atoms in total. The van der Waals surface area contributed by atoms with Crippen molar-refractivity contribution < 1.29 is 14.1 Å². The van der Waals surface area contributed by atoms with Gasteiger partial charge in [-0.2, -0.15) is 0 Å². The van der Waals surface area contributed by atoms with Crippen LogP contribution in [-0.2, 0) is 6.54 Å². The maximum atomic E-state index is 12.6. The summed E-state index contributed by atoms with van der Waals surface area (Å²) in [7, 11) is 1.57. The van der Waals surface area contributed by atoms with Crippen molar-refractivity contribution in [2.24, 2.45) is 0 Å². The Morgan fingerprint density at radius 1 is 1.28 bits per heavy atom. The Morgan fingerprint density at radius 3 is 2.93 bits per heavy atom. The van der Waals surface area contributed by atoms with E-state index in [0.29, 0.717) is 11.4 Å². The van der Waals surface area contributed by atoms with Gasteiger partial charge in [0.1, 0.15) is 5.75 Å². The van der Waals surface area contributed by atoms with Crippen LogP contribution < -0.4 is 10.1 Å². The molecule has 4 rings (SSSR count). The molecular formula is C22H24N4O3. The SMILES string of the molecule is COc1ccccc1NC(=O)c1cc(C2CCCN(Cc3ccncc3)C2)no1. The first-order valence-corrected chi connectivity index (χ1v) is 9.75. The first kappa shape index (κ1) is 19.1. The highest BCUT2D eigenvalue weighted by molar-refractivity contribution is 6.03. The van der Waals surface area contributed by atoms with Gasteiger partial charge in [0.2, 0.25) is 5.76 Å². The van der Waals surface area contributed by atoms with E-state index in [1.165, 1.54) is 5.56 Å². The Labute approximate surface area is 169 Å². The summed E-state index contributed by atoms with van der Waals surface area (Å²) >= 11 is 0. The van der Waals surface area contributed by atoms with E-state index in [9.17, 15) is 4.79 Å². The Bertz CT molecular complexity index is 957. The lowest BCUT2D eigenvalue weighted by atomic mass is 9.94. The lowest BCUT2D eigenvalue weighted by molar-refractivity contribution is 0.0987. The lowest BCUT2D eigenvalue weighted by Crippen LogP contribution is -2.34. The molecule has 1 atom stereocenters. The number of likely N-dealkylation sites (tertiary alicyclic amines) is 1. The summed E-state index contributed by atoms with van der Waals surface area (Å²) in [5, 5.41) is 7.00. The van der Waals surface area contributed by atoms with Gasteiger partial charge in [0.05, 0.1) is 18.5 Å². The summed E-state index contributed by atoms with van der Waals surface area (Å²) in [5.41, 5.74) is 2.67. The quantitative estimate of drug-likeness (QED) is 0.689. The average Bonchev–Trinajstić information content (AvgIpc) is 3.26. The first-order valence-electron chi connectivity index (χ1n) is 9.75. The summed E-state index contributed by atoms with van der Waals surface area (Å²) in [4.78, 5) is 19.1. The highest BCUT2D eigenvalue weighted by atomic mass is 16.5. The van der Waals surface area contributed by atoms with Gasteiger partial charge in [-0.15, -0.1) is 0 Å². The molecule has 0 radical (unpaired) electrons. The van der Waals surface area contributed by atoms with Gasteiger partial charge >= 0.3 is 0 Å². The van der Waals surface area contributed by atoms with Crippen LogP contribution in [0.4, 0.5) is 5.69 Å². The fraction of sp³-hybridized carbons (Fsp3) is 0.318. The van der Waals surface area contributed by atoms with Crippen LogP contribution in [0.25, 0.3) is 0 Å². The van der Waals surface area contributed by atoms with Crippen molar-refractivity contribution in [2.75, 3.05) is 25.5 Å². The zero-order chi connectivity index (χ0) is 20.1. The topological polar surface area (TPSA) is 80.5 Å². The number of nitrogens with one attached hydrogen (secondary N) is 1. The fourth-order valence-electron chi connectivity index (χ4n) is 3.71. The average molecular weight is 392 g/mol. The van der Waals surface area contributed by atoms with Gasteiger partial charge in [-0.25, -0.2) is 0 Å². The van der Waals surface area contributed by atoms with Crippen LogP contribution in [0, 0.1) is 0 Å². The van der Waals surface area contributed by atoms with Crippen LogP contribution in [0.2, 0.25) is 0 Å². The third-order valence-corrected chi connectivity index (χ3v) is 5.19. The molecule has 1 aromatic carbocycles. The number of carbonyl (C=O) groups excluding carboxylic acids is 1. The number of amides is 1. The van der Waals surface area contributed by atoms with Crippen LogP contribution in [-0.4, -0.2) is 41.1 Å². The second-order valence-corrected chi connectivity index (χ2v) is 7.20. The molecule has 1 aliphatic heterocycles. The third-order valence-electron chi connectivity index (χ3n) is 5.19. The largest absolute Gasteiger partial charge is 0.495 e. The summed E-state index contributed by atoms with van der Waals surface area (Å²) in [6, 6.07) is 13.1. The third kappa shape index (κ3) is 4.63. The summed E-state index contributed by atoms with van der Waals surface area (Å²) < 4.78 is 10.6. The molecule has 1 amide bonds. The predicted molar refractivity (Wildman–Crippen MR) is 109 cm³/mol. The molecular weight excluding hydrogens is 368 g/mol. The van der Waals surface area contributed by atoms with Gasteiger partial charge < -0.3 is 14.6 Å². The minimum absolute atomic E-state index is 0.206. The number of carbonyl (C=O) groups is 1. The van der Waals surface area contributed by atoms with Gasteiger partial charge in [0.25, 0.3) is 5.91 Å². The maximum absolute atomic E-state index is 12.6. The number of ether oxygens (including phenoxy) is 1. The van der Waals surface area contributed by atoms with Crippen molar-refractivity contribution >= 4 is 11.6 Å². The molecule has 2 aromatic heterocycles. The van der Waals surface area contributed by atoms with Crippen molar-refractivity contribution in [3.8, 4) is 5.75 Å². The van der Waals surface area contributed by atoms with E-state index in [1.54, 1.807) is 25.3 Å². The Balaban J connectivity index is 1.41. The Kier molecular flexibility index (Phi) is 5.86. The molecule has 0 bridgehead atoms. The molecule has 1 N–H and O–H groups in total. The zero-order valence-electron chi connectivity index (χ0n) is 16.4. The van der Waals surface area contributed by atoms with Gasteiger partial charge in [-0.1, -0.05) is 17.3 Å². The zero-order valence-corrected chi connectivity index (χ0v) is 16.4. The molecule has 1 fully saturated rings. The molecule has 0 spiro atoms. The molecule has 150 valence electrons. The number of para-hydroxylation sites is 2. The number of anilines is 1. The number of nitrogens with zero attached hydrogens (tertiary/aromatic N) is 3. The van der Waals surface area contributed by atoms with Crippen LogP contribution in [0.3, 0.4) is 0 Å².